The summed E-state index contributed by atoms with van der Waals surface area (Å²) in [6.45, 7) is 0.433. The van der Waals surface area contributed by atoms with Crippen molar-refractivity contribution in [3.8, 4) is 0 Å². The van der Waals surface area contributed by atoms with E-state index in [2.05, 4.69) is 15.5 Å². The fourth-order valence-electron chi connectivity index (χ4n) is 2.64. The smallest absolute Gasteiger partial charge is 0.220 e. The molecule has 1 amide bonds. The molecule has 0 radical (unpaired) electrons. The summed E-state index contributed by atoms with van der Waals surface area (Å²) in [5.41, 5.74) is 1.52. The number of rotatable bonds is 7. The van der Waals surface area contributed by atoms with Crippen LogP contribution in [-0.4, -0.2) is 20.9 Å². The molecule has 6 heteroatoms. The second kappa shape index (κ2) is 8.19. The van der Waals surface area contributed by atoms with Crippen LogP contribution >= 0.6 is 0 Å². The molecule has 0 aliphatic heterocycles. The van der Waals surface area contributed by atoms with Crippen LogP contribution in [0.5, 0.6) is 0 Å². The fraction of sp³-hybridized carbons (Fsp3) is 0.211. The van der Waals surface area contributed by atoms with Gasteiger partial charge in [0, 0.05) is 6.42 Å². The zero-order valence-corrected chi connectivity index (χ0v) is 13.7. The highest BCUT2D eigenvalue weighted by Crippen LogP contribution is 2.15. The first-order valence-electron chi connectivity index (χ1n) is 8.14. The molecule has 1 aromatic heterocycles. The third kappa shape index (κ3) is 4.73. The molecule has 1 unspecified atom stereocenters. The Morgan fingerprint density at radius 1 is 1.04 bits per heavy atom. The highest BCUT2D eigenvalue weighted by Gasteiger charge is 2.16. The van der Waals surface area contributed by atoms with Gasteiger partial charge in [0.25, 0.3) is 0 Å². The third-order valence-electron chi connectivity index (χ3n) is 3.93. The lowest BCUT2D eigenvalue weighted by molar-refractivity contribution is -0.121. The van der Waals surface area contributed by atoms with Crippen LogP contribution < -0.4 is 5.32 Å². The maximum atomic E-state index is 13.7. The van der Waals surface area contributed by atoms with Gasteiger partial charge in [-0.2, -0.15) is 15.0 Å². The molecule has 0 bridgehead atoms. The van der Waals surface area contributed by atoms with Crippen molar-refractivity contribution in [3.63, 3.8) is 0 Å². The molecule has 0 aliphatic rings. The average molecular weight is 338 g/mol. The van der Waals surface area contributed by atoms with Crippen LogP contribution in [-0.2, 0) is 17.8 Å². The number of halogens is 1. The molecule has 0 saturated carbocycles. The maximum absolute atomic E-state index is 13.7. The topological polar surface area (TPSA) is 59.8 Å². The molecule has 5 nitrogen and oxygen atoms in total. The highest BCUT2D eigenvalue weighted by atomic mass is 19.1. The van der Waals surface area contributed by atoms with Crippen LogP contribution in [0.4, 0.5) is 4.39 Å². The lowest BCUT2D eigenvalue weighted by Crippen LogP contribution is -2.32. The summed E-state index contributed by atoms with van der Waals surface area (Å²) in [6.07, 6.45) is 3.78. The number of hydrogen-bond acceptors (Lipinski definition) is 3. The van der Waals surface area contributed by atoms with E-state index in [1.165, 1.54) is 10.9 Å². The summed E-state index contributed by atoms with van der Waals surface area (Å²) in [5, 5.41) is 11.2. The van der Waals surface area contributed by atoms with Crippen molar-refractivity contribution in [1.82, 2.24) is 20.3 Å². The minimum absolute atomic E-state index is 0.135. The molecule has 25 heavy (non-hydrogen) atoms. The first kappa shape index (κ1) is 16.8. The zero-order valence-electron chi connectivity index (χ0n) is 13.7. The van der Waals surface area contributed by atoms with Gasteiger partial charge in [-0.15, -0.1) is 0 Å². The number of benzene rings is 2. The number of carbonyl (C=O) groups is 1. The summed E-state index contributed by atoms with van der Waals surface area (Å²) in [6, 6.07) is 15.9. The van der Waals surface area contributed by atoms with E-state index in [4.69, 9.17) is 0 Å². The minimum atomic E-state index is -0.282. The number of aryl methyl sites for hydroxylation is 1. The standard InChI is InChI=1S/C19H19FN4O/c20-17-9-5-4-6-15(17)10-11-19(25)23-18(14-24-21-12-13-22-24)16-7-2-1-3-8-16/h1-9,12-13,18H,10-11,14H2,(H,23,25). The van der Waals surface area contributed by atoms with Gasteiger partial charge in [0.05, 0.1) is 25.0 Å². The van der Waals surface area contributed by atoms with Gasteiger partial charge in [0.2, 0.25) is 5.91 Å². The number of aromatic nitrogens is 3. The Hall–Kier alpha value is -3.02. The zero-order chi connectivity index (χ0) is 17.5. The van der Waals surface area contributed by atoms with E-state index in [-0.39, 0.29) is 24.2 Å². The maximum Gasteiger partial charge on any atom is 0.220 e. The molecule has 2 aromatic carbocycles. The van der Waals surface area contributed by atoms with Gasteiger partial charge >= 0.3 is 0 Å². The van der Waals surface area contributed by atoms with Crippen molar-refractivity contribution >= 4 is 5.91 Å². The summed E-state index contributed by atoms with van der Waals surface area (Å²) in [5.74, 6) is -0.417. The molecule has 0 fully saturated rings. The number of hydrogen-bond donors (Lipinski definition) is 1. The second-order valence-electron chi connectivity index (χ2n) is 5.71. The summed E-state index contributed by atoms with van der Waals surface area (Å²) < 4.78 is 13.7. The van der Waals surface area contributed by atoms with E-state index < -0.39 is 0 Å². The SMILES string of the molecule is O=C(CCc1ccccc1F)NC(Cn1nccn1)c1ccccc1. The van der Waals surface area contributed by atoms with Crippen LogP contribution in [0.3, 0.4) is 0 Å². The summed E-state index contributed by atoms with van der Waals surface area (Å²) >= 11 is 0. The Labute approximate surface area is 145 Å². The van der Waals surface area contributed by atoms with Crippen LogP contribution in [0.1, 0.15) is 23.6 Å². The third-order valence-corrected chi connectivity index (χ3v) is 3.93. The Bertz CT molecular complexity index is 805. The van der Waals surface area contributed by atoms with Gasteiger partial charge in [-0.1, -0.05) is 48.5 Å². The highest BCUT2D eigenvalue weighted by molar-refractivity contribution is 5.76. The van der Waals surface area contributed by atoms with E-state index in [0.29, 0.717) is 18.5 Å². The van der Waals surface area contributed by atoms with Gasteiger partial charge in [-0.3, -0.25) is 4.79 Å². The van der Waals surface area contributed by atoms with Crippen molar-refractivity contribution in [2.24, 2.45) is 0 Å². The molecule has 1 N–H and O–H groups in total. The molecular weight excluding hydrogens is 319 g/mol. The molecule has 3 aromatic rings. The molecule has 1 heterocycles. The summed E-state index contributed by atoms with van der Waals surface area (Å²) in [4.78, 5) is 13.9. The van der Waals surface area contributed by atoms with Crippen LogP contribution in [0, 0.1) is 5.82 Å². The Kier molecular flexibility index (Phi) is 5.51. The van der Waals surface area contributed by atoms with E-state index in [0.717, 1.165) is 5.56 Å². The molecule has 128 valence electrons. The van der Waals surface area contributed by atoms with Crippen molar-refractivity contribution in [1.29, 1.82) is 0 Å². The van der Waals surface area contributed by atoms with Crippen LogP contribution in [0.2, 0.25) is 0 Å². The lowest BCUT2D eigenvalue weighted by Gasteiger charge is -2.19. The minimum Gasteiger partial charge on any atom is -0.347 e. The number of carbonyl (C=O) groups excluding carboxylic acids is 1. The number of nitrogens with one attached hydrogen (secondary N) is 1. The van der Waals surface area contributed by atoms with Gasteiger partial charge in [0.15, 0.2) is 0 Å². The van der Waals surface area contributed by atoms with Gasteiger partial charge < -0.3 is 5.32 Å². The van der Waals surface area contributed by atoms with Crippen LogP contribution in [0.25, 0.3) is 0 Å². The first-order valence-corrected chi connectivity index (χ1v) is 8.14. The van der Waals surface area contributed by atoms with Crippen molar-refractivity contribution in [2.75, 3.05) is 0 Å². The van der Waals surface area contributed by atoms with E-state index >= 15 is 0 Å². The summed E-state index contributed by atoms with van der Waals surface area (Å²) in [7, 11) is 0. The molecule has 1 atom stereocenters. The fourth-order valence-corrected chi connectivity index (χ4v) is 2.64. The molecule has 0 spiro atoms. The monoisotopic (exact) mass is 338 g/mol. The van der Waals surface area contributed by atoms with Crippen molar-refractivity contribution in [3.05, 3.63) is 83.9 Å². The van der Waals surface area contributed by atoms with E-state index in [9.17, 15) is 9.18 Å². The predicted octanol–water partition coefficient (Wildman–Crippen LogP) is 2.91. The average Bonchev–Trinajstić information content (AvgIpc) is 3.14. The van der Waals surface area contributed by atoms with Crippen molar-refractivity contribution in [2.45, 2.75) is 25.4 Å². The second-order valence-corrected chi connectivity index (χ2v) is 5.71. The Morgan fingerprint density at radius 3 is 2.44 bits per heavy atom. The predicted molar refractivity (Wildman–Crippen MR) is 92.1 cm³/mol. The quantitative estimate of drug-likeness (QED) is 0.720. The van der Waals surface area contributed by atoms with Crippen LogP contribution in [0.15, 0.2) is 67.0 Å². The van der Waals surface area contributed by atoms with Gasteiger partial charge in [-0.25, -0.2) is 4.39 Å². The normalized spacial score (nSPS) is 11.9. The molecule has 0 aliphatic carbocycles. The van der Waals surface area contributed by atoms with Gasteiger partial charge in [-0.05, 0) is 23.6 Å². The van der Waals surface area contributed by atoms with E-state index in [1.54, 1.807) is 30.6 Å². The number of amides is 1. The molecular formula is C19H19FN4O. The van der Waals surface area contributed by atoms with Crippen molar-refractivity contribution < 1.29 is 9.18 Å². The molecule has 3 rings (SSSR count). The number of nitrogens with zero attached hydrogens (tertiary/aromatic N) is 3. The Balaban J connectivity index is 1.65. The van der Waals surface area contributed by atoms with Gasteiger partial charge in [0.1, 0.15) is 5.82 Å². The Morgan fingerprint density at radius 2 is 1.72 bits per heavy atom. The first-order chi connectivity index (χ1) is 12.2. The molecule has 0 saturated heterocycles. The van der Waals surface area contributed by atoms with E-state index in [1.807, 2.05) is 30.3 Å². The lowest BCUT2D eigenvalue weighted by atomic mass is 10.1. The largest absolute Gasteiger partial charge is 0.347 e.